The number of aromatic hydroxyl groups is 1. The topological polar surface area (TPSA) is 93.1 Å². The van der Waals surface area contributed by atoms with Crippen molar-refractivity contribution in [3.8, 4) is 41.2 Å². The van der Waals surface area contributed by atoms with Crippen molar-refractivity contribution in [3.63, 3.8) is 0 Å². The summed E-state index contributed by atoms with van der Waals surface area (Å²) in [6.45, 7) is 2.99. The highest BCUT2D eigenvalue weighted by Gasteiger charge is 2.49. The van der Waals surface area contributed by atoms with Crippen molar-refractivity contribution in [2.24, 2.45) is 0 Å². The number of fused-ring (bicyclic) bond motifs is 4. The maximum Gasteiger partial charge on any atom is 0.319 e. The predicted octanol–water partition coefficient (Wildman–Crippen LogP) is 4.75. The van der Waals surface area contributed by atoms with Crippen molar-refractivity contribution in [1.29, 1.82) is 0 Å². The molecular weight excluding hydrogens is 587 g/mol. The van der Waals surface area contributed by atoms with Gasteiger partial charge in [0, 0.05) is 36.9 Å². The van der Waals surface area contributed by atoms with Gasteiger partial charge in [-0.3, -0.25) is 4.90 Å². The number of morpholine rings is 1. The van der Waals surface area contributed by atoms with E-state index in [0.29, 0.717) is 50.3 Å². The third-order valence-corrected chi connectivity index (χ3v) is 9.58. The summed E-state index contributed by atoms with van der Waals surface area (Å²) in [5.41, 5.74) is -0.776. The standard InChI is InChI=1S/C33H30F3N5O4/c1-2-22-24(35)5-4-18-12-21(42)13-23(25(18)22)28-27(36)29-26-30(41-9-11-43-16-20(41)6-10-44-31(26)37-28)39-32(38-29)45-17-33-7-3-8-40(33)15-19(34)14-33/h1,4-5,12-13,19-20,42H,3,6-11,14-17H2/t19?,20-,33-/m0/s1. The lowest BCUT2D eigenvalue weighted by molar-refractivity contribution is 0.0846. The van der Waals surface area contributed by atoms with Crippen LogP contribution in [0.1, 0.15) is 31.2 Å². The van der Waals surface area contributed by atoms with Gasteiger partial charge in [0.15, 0.2) is 5.82 Å². The van der Waals surface area contributed by atoms with Crippen LogP contribution in [-0.4, -0.2) is 88.8 Å². The van der Waals surface area contributed by atoms with Crippen molar-refractivity contribution >= 4 is 27.5 Å². The van der Waals surface area contributed by atoms with Crippen LogP contribution in [0.25, 0.3) is 32.9 Å². The third-order valence-electron chi connectivity index (χ3n) is 9.58. The Bertz CT molecular complexity index is 1900. The second kappa shape index (κ2) is 10.6. The Balaban J connectivity index is 1.34. The summed E-state index contributed by atoms with van der Waals surface area (Å²) in [6, 6.07) is 5.26. The maximum absolute atomic E-state index is 16.9. The zero-order valence-corrected chi connectivity index (χ0v) is 24.4. The van der Waals surface area contributed by atoms with Crippen LogP contribution in [0.5, 0.6) is 17.6 Å². The Morgan fingerprint density at radius 2 is 2.02 bits per heavy atom. The van der Waals surface area contributed by atoms with E-state index in [-0.39, 0.29) is 70.0 Å². The molecule has 0 radical (unpaired) electrons. The highest BCUT2D eigenvalue weighted by Crippen LogP contribution is 2.44. The Kier molecular flexibility index (Phi) is 6.65. The quantitative estimate of drug-likeness (QED) is 0.326. The fraction of sp³-hybridized carbons (Fsp3) is 0.424. The number of pyridine rings is 1. The molecular formula is C33H30F3N5O4. The molecule has 0 bridgehead atoms. The number of nitrogens with zero attached hydrogens (tertiary/aromatic N) is 5. The average Bonchev–Trinajstić information content (AvgIpc) is 3.55. The molecule has 1 unspecified atom stereocenters. The van der Waals surface area contributed by atoms with Crippen LogP contribution in [0.4, 0.5) is 19.0 Å². The van der Waals surface area contributed by atoms with Gasteiger partial charge in [0.05, 0.1) is 37.0 Å². The lowest BCUT2D eigenvalue weighted by atomic mass is 9.95. The van der Waals surface area contributed by atoms with Crippen molar-refractivity contribution in [3.05, 3.63) is 41.5 Å². The smallest absolute Gasteiger partial charge is 0.319 e. The Morgan fingerprint density at radius 1 is 1.13 bits per heavy atom. The van der Waals surface area contributed by atoms with Crippen LogP contribution in [0.3, 0.4) is 0 Å². The molecule has 45 heavy (non-hydrogen) atoms. The summed E-state index contributed by atoms with van der Waals surface area (Å²) in [7, 11) is 0. The Labute approximate surface area is 256 Å². The van der Waals surface area contributed by atoms with Gasteiger partial charge in [-0.05, 0) is 43.0 Å². The number of rotatable bonds is 4. The minimum Gasteiger partial charge on any atom is -0.508 e. The average molecular weight is 618 g/mol. The molecule has 8 rings (SSSR count). The first-order valence-corrected chi connectivity index (χ1v) is 15.2. The minimum absolute atomic E-state index is 0.0510. The fourth-order valence-electron chi connectivity index (χ4n) is 7.52. The van der Waals surface area contributed by atoms with Crippen molar-refractivity contribution < 1.29 is 32.5 Å². The van der Waals surface area contributed by atoms with Crippen molar-refractivity contribution in [2.75, 3.05) is 51.0 Å². The lowest BCUT2D eigenvalue weighted by Crippen LogP contribution is -2.47. The van der Waals surface area contributed by atoms with E-state index in [9.17, 15) is 13.9 Å². The lowest BCUT2D eigenvalue weighted by Gasteiger charge is -2.38. The molecule has 2 aromatic heterocycles. The summed E-state index contributed by atoms with van der Waals surface area (Å²) in [5, 5.41) is 11.5. The van der Waals surface area contributed by atoms with Gasteiger partial charge in [-0.15, -0.1) is 6.42 Å². The number of alkyl halides is 1. The zero-order valence-electron chi connectivity index (χ0n) is 24.4. The molecule has 232 valence electrons. The van der Waals surface area contributed by atoms with E-state index in [1.54, 1.807) is 0 Å². The van der Waals surface area contributed by atoms with E-state index in [2.05, 4.69) is 25.7 Å². The molecule has 4 aliphatic heterocycles. The molecule has 4 aromatic rings. The molecule has 0 saturated carbocycles. The highest BCUT2D eigenvalue weighted by atomic mass is 19.1. The molecule has 2 aromatic carbocycles. The molecule has 3 atom stereocenters. The van der Waals surface area contributed by atoms with E-state index in [0.717, 1.165) is 19.4 Å². The SMILES string of the molecule is C#Cc1c(F)ccc2cc(O)cc(-c3nc4c5c(nc(OC[C@@]67CCCN6CC(F)C7)nc5c3F)N3CCOC[C@@H]3CCO4)c12. The number of terminal acetylenes is 1. The van der Waals surface area contributed by atoms with Crippen LogP contribution >= 0.6 is 0 Å². The molecule has 6 heterocycles. The first-order chi connectivity index (χ1) is 21.8. The highest BCUT2D eigenvalue weighted by molar-refractivity contribution is 6.04. The normalized spacial score (nSPS) is 24.5. The molecule has 3 fully saturated rings. The van der Waals surface area contributed by atoms with E-state index in [4.69, 9.17) is 25.6 Å². The maximum atomic E-state index is 16.9. The number of aromatic nitrogens is 3. The second-order valence-electron chi connectivity index (χ2n) is 12.2. The van der Waals surface area contributed by atoms with Crippen LogP contribution in [-0.2, 0) is 4.74 Å². The third kappa shape index (κ3) is 4.51. The number of ether oxygens (including phenoxy) is 3. The van der Waals surface area contributed by atoms with Gasteiger partial charge in [-0.1, -0.05) is 12.0 Å². The van der Waals surface area contributed by atoms with Gasteiger partial charge >= 0.3 is 6.01 Å². The largest absolute Gasteiger partial charge is 0.508 e. The summed E-state index contributed by atoms with van der Waals surface area (Å²) >= 11 is 0. The summed E-state index contributed by atoms with van der Waals surface area (Å²) in [6.07, 6.45) is 7.44. The van der Waals surface area contributed by atoms with E-state index < -0.39 is 23.3 Å². The van der Waals surface area contributed by atoms with E-state index in [1.165, 1.54) is 24.3 Å². The molecule has 4 aliphatic rings. The number of hydrogen-bond acceptors (Lipinski definition) is 9. The van der Waals surface area contributed by atoms with Crippen molar-refractivity contribution in [2.45, 2.75) is 43.4 Å². The van der Waals surface area contributed by atoms with Gasteiger partial charge in [-0.2, -0.15) is 9.97 Å². The number of phenolic OH excluding ortho intramolecular Hbond substituents is 1. The number of halogens is 3. The minimum atomic E-state index is -0.936. The first-order valence-electron chi connectivity index (χ1n) is 15.2. The van der Waals surface area contributed by atoms with Gasteiger partial charge in [0.25, 0.3) is 0 Å². The summed E-state index contributed by atoms with van der Waals surface area (Å²) in [5.74, 6) is 1.19. The van der Waals surface area contributed by atoms with Crippen LogP contribution in [0.15, 0.2) is 24.3 Å². The zero-order chi connectivity index (χ0) is 30.9. The van der Waals surface area contributed by atoms with Gasteiger partial charge < -0.3 is 24.2 Å². The predicted molar refractivity (Wildman–Crippen MR) is 160 cm³/mol. The van der Waals surface area contributed by atoms with Gasteiger partial charge in [-0.25, -0.2) is 18.2 Å². The molecule has 0 aliphatic carbocycles. The fourth-order valence-corrected chi connectivity index (χ4v) is 7.52. The molecule has 0 spiro atoms. The second-order valence-corrected chi connectivity index (χ2v) is 12.2. The molecule has 9 nitrogen and oxygen atoms in total. The van der Waals surface area contributed by atoms with Gasteiger partial charge in [0.1, 0.15) is 46.8 Å². The Hall–Kier alpha value is -4.34. The number of anilines is 1. The summed E-state index contributed by atoms with van der Waals surface area (Å²) < 4.78 is 64.4. The number of hydrogen-bond donors (Lipinski definition) is 1. The van der Waals surface area contributed by atoms with Crippen LogP contribution < -0.4 is 14.4 Å². The number of benzene rings is 2. The molecule has 12 heteroatoms. The van der Waals surface area contributed by atoms with Gasteiger partial charge in [0.2, 0.25) is 5.88 Å². The number of phenols is 1. The first kappa shape index (κ1) is 28.2. The van der Waals surface area contributed by atoms with E-state index in [1.807, 2.05) is 0 Å². The molecule has 0 amide bonds. The van der Waals surface area contributed by atoms with Crippen LogP contribution in [0.2, 0.25) is 0 Å². The van der Waals surface area contributed by atoms with Crippen molar-refractivity contribution in [1.82, 2.24) is 19.9 Å². The molecule has 3 saturated heterocycles. The molecule has 1 N–H and O–H groups in total. The van der Waals surface area contributed by atoms with E-state index >= 15 is 4.39 Å². The monoisotopic (exact) mass is 617 g/mol. The Morgan fingerprint density at radius 3 is 2.89 bits per heavy atom. The van der Waals surface area contributed by atoms with Crippen LogP contribution in [0, 0.1) is 24.0 Å². The summed E-state index contributed by atoms with van der Waals surface area (Å²) in [4.78, 5) is 18.1.